The number of morpholine rings is 1. The molecule has 0 radical (unpaired) electrons. The molecule has 94 valence electrons. The first-order chi connectivity index (χ1) is 7.63. The van der Waals surface area contributed by atoms with E-state index in [1.54, 1.807) is 0 Å². The van der Waals surface area contributed by atoms with E-state index in [-0.39, 0.29) is 0 Å². The third-order valence-corrected chi connectivity index (χ3v) is 4.03. The molecule has 2 fully saturated rings. The summed E-state index contributed by atoms with van der Waals surface area (Å²) in [5, 5.41) is 3.71. The molecule has 3 nitrogen and oxygen atoms in total. The zero-order chi connectivity index (χ0) is 11.6. The first-order valence-corrected chi connectivity index (χ1v) is 6.76. The van der Waals surface area contributed by atoms with Gasteiger partial charge in [-0.3, -0.25) is 4.90 Å². The Kier molecular flexibility index (Phi) is 3.88. The Hall–Kier alpha value is -0.120. The van der Waals surface area contributed by atoms with Crippen LogP contribution in [0.15, 0.2) is 0 Å². The predicted molar refractivity (Wildman–Crippen MR) is 66.7 cm³/mol. The van der Waals surface area contributed by atoms with Gasteiger partial charge >= 0.3 is 0 Å². The van der Waals surface area contributed by atoms with Crippen molar-refractivity contribution < 1.29 is 4.74 Å². The molecule has 16 heavy (non-hydrogen) atoms. The molecule has 0 spiro atoms. The van der Waals surface area contributed by atoms with Gasteiger partial charge in [-0.1, -0.05) is 6.92 Å². The van der Waals surface area contributed by atoms with Gasteiger partial charge in [-0.05, 0) is 39.7 Å². The number of nitrogens with zero attached hydrogens (tertiary/aromatic N) is 1. The van der Waals surface area contributed by atoms with E-state index >= 15 is 0 Å². The molecule has 2 rings (SSSR count). The number of hydrogen-bond acceptors (Lipinski definition) is 3. The SMILES string of the molecule is CCC1(CN2CC(C)OC(C)C2)CCCN1. The van der Waals surface area contributed by atoms with E-state index in [9.17, 15) is 0 Å². The van der Waals surface area contributed by atoms with Crippen molar-refractivity contribution in [3.05, 3.63) is 0 Å². The maximum atomic E-state index is 5.79. The van der Waals surface area contributed by atoms with Crippen molar-refractivity contribution in [1.82, 2.24) is 10.2 Å². The van der Waals surface area contributed by atoms with Crippen molar-refractivity contribution in [3.63, 3.8) is 0 Å². The van der Waals surface area contributed by atoms with E-state index in [1.165, 1.54) is 32.4 Å². The number of hydrogen-bond donors (Lipinski definition) is 1. The number of nitrogens with one attached hydrogen (secondary N) is 1. The smallest absolute Gasteiger partial charge is 0.0678 e. The highest BCUT2D eigenvalue weighted by Crippen LogP contribution is 2.25. The Bertz CT molecular complexity index is 216. The molecule has 0 aromatic heterocycles. The first-order valence-electron chi connectivity index (χ1n) is 6.76. The topological polar surface area (TPSA) is 24.5 Å². The second-order valence-corrected chi connectivity index (χ2v) is 5.62. The van der Waals surface area contributed by atoms with Crippen LogP contribution >= 0.6 is 0 Å². The van der Waals surface area contributed by atoms with Crippen LogP contribution < -0.4 is 5.32 Å². The molecule has 2 aliphatic heterocycles. The molecule has 0 saturated carbocycles. The minimum atomic E-state index is 0.386. The van der Waals surface area contributed by atoms with Gasteiger partial charge in [0.2, 0.25) is 0 Å². The summed E-state index contributed by atoms with van der Waals surface area (Å²) in [6.07, 6.45) is 4.69. The quantitative estimate of drug-likeness (QED) is 0.791. The molecule has 0 amide bonds. The largest absolute Gasteiger partial charge is 0.373 e. The molecular formula is C13H26N2O. The molecule has 0 aliphatic carbocycles. The van der Waals surface area contributed by atoms with Crippen molar-refractivity contribution in [2.45, 2.75) is 57.8 Å². The van der Waals surface area contributed by atoms with Crippen molar-refractivity contribution in [1.29, 1.82) is 0 Å². The summed E-state index contributed by atoms with van der Waals surface area (Å²) in [5.41, 5.74) is 0.386. The molecule has 1 N–H and O–H groups in total. The molecule has 2 saturated heterocycles. The van der Waals surface area contributed by atoms with Crippen molar-refractivity contribution >= 4 is 0 Å². The monoisotopic (exact) mass is 226 g/mol. The fourth-order valence-electron chi connectivity index (χ4n) is 3.26. The zero-order valence-electron chi connectivity index (χ0n) is 11.0. The third kappa shape index (κ3) is 2.76. The van der Waals surface area contributed by atoms with E-state index < -0.39 is 0 Å². The van der Waals surface area contributed by atoms with Gasteiger partial charge in [-0.15, -0.1) is 0 Å². The summed E-state index contributed by atoms with van der Waals surface area (Å²) in [4.78, 5) is 2.58. The summed E-state index contributed by atoms with van der Waals surface area (Å²) in [7, 11) is 0. The van der Waals surface area contributed by atoms with Gasteiger partial charge in [-0.2, -0.15) is 0 Å². The van der Waals surface area contributed by atoms with Gasteiger partial charge in [0.15, 0.2) is 0 Å². The van der Waals surface area contributed by atoms with Crippen LogP contribution in [0.2, 0.25) is 0 Å². The maximum absolute atomic E-state index is 5.79. The predicted octanol–water partition coefficient (Wildman–Crippen LogP) is 1.63. The van der Waals surface area contributed by atoms with Crippen LogP contribution in [0.1, 0.15) is 40.0 Å². The summed E-state index contributed by atoms with van der Waals surface area (Å²) >= 11 is 0. The maximum Gasteiger partial charge on any atom is 0.0678 e. The van der Waals surface area contributed by atoms with E-state index in [0.29, 0.717) is 17.7 Å². The lowest BCUT2D eigenvalue weighted by Crippen LogP contribution is -2.55. The van der Waals surface area contributed by atoms with E-state index in [2.05, 4.69) is 31.0 Å². The fourth-order valence-corrected chi connectivity index (χ4v) is 3.26. The summed E-state index contributed by atoms with van der Waals surface area (Å²) < 4.78 is 5.79. The molecule has 2 heterocycles. The van der Waals surface area contributed by atoms with Crippen molar-refractivity contribution in [2.24, 2.45) is 0 Å². The Morgan fingerprint density at radius 1 is 1.31 bits per heavy atom. The Morgan fingerprint density at radius 2 is 2.00 bits per heavy atom. The molecule has 2 aliphatic rings. The Morgan fingerprint density at radius 3 is 2.50 bits per heavy atom. The summed E-state index contributed by atoms with van der Waals surface area (Å²) in [6.45, 7) is 11.3. The van der Waals surface area contributed by atoms with Gasteiger partial charge < -0.3 is 10.1 Å². The van der Waals surface area contributed by atoms with Crippen LogP contribution in [0.3, 0.4) is 0 Å². The Labute approximate surface area is 99.5 Å². The van der Waals surface area contributed by atoms with Crippen molar-refractivity contribution in [3.8, 4) is 0 Å². The van der Waals surface area contributed by atoms with Gasteiger partial charge in [0.25, 0.3) is 0 Å². The van der Waals surface area contributed by atoms with Crippen LogP contribution in [-0.2, 0) is 4.74 Å². The Balaban J connectivity index is 1.92. The minimum Gasteiger partial charge on any atom is -0.373 e. The van der Waals surface area contributed by atoms with Gasteiger partial charge in [0.1, 0.15) is 0 Å². The molecular weight excluding hydrogens is 200 g/mol. The lowest BCUT2D eigenvalue weighted by molar-refractivity contribution is -0.0737. The lowest BCUT2D eigenvalue weighted by Gasteiger charge is -2.41. The molecule has 3 atom stereocenters. The minimum absolute atomic E-state index is 0.386. The highest BCUT2D eigenvalue weighted by Gasteiger charge is 2.35. The van der Waals surface area contributed by atoms with Gasteiger partial charge in [-0.25, -0.2) is 0 Å². The highest BCUT2D eigenvalue weighted by atomic mass is 16.5. The zero-order valence-corrected chi connectivity index (χ0v) is 11.0. The molecule has 0 bridgehead atoms. The first kappa shape index (κ1) is 12.3. The standard InChI is InChI=1S/C13H26N2O/c1-4-13(6-5-7-14-13)10-15-8-11(2)16-12(3)9-15/h11-12,14H,4-10H2,1-3H3. The number of rotatable bonds is 3. The second-order valence-electron chi connectivity index (χ2n) is 5.62. The number of ether oxygens (including phenoxy) is 1. The van der Waals surface area contributed by atoms with Crippen LogP contribution in [0.4, 0.5) is 0 Å². The molecule has 0 aromatic carbocycles. The van der Waals surface area contributed by atoms with E-state index in [1.807, 2.05) is 0 Å². The van der Waals surface area contributed by atoms with Crippen LogP contribution in [0, 0.1) is 0 Å². The van der Waals surface area contributed by atoms with Gasteiger partial charge in [0.05, 0.1) is 12.2 Å². The average Bonchev–Trinajstić information content (AvgIpc) is 2.65. The van der Waals surface area contributed by atoms with Crippen LogP contribution in [0.5, 0.6) is 0 Å². The van der Waals surface area contributed by atoms with Crippen LogP contribution in [0.25, 0.3) is 0 Å². The van der Waals surface area contributed by atoms with Gasteiger partial charge in [0, 0.05) is 25.2 Å². The van der Waals surface area contributed by atoms with Crippen molar-refractivity contribution in [2.75, 3.05) is 26.2 Å². The molecule has 3 unspecified atom stereocenters. The molecule has 3 heteroatoms. The highest BCUT2D eigenvalue weighted by molar-refractivity contribution is 4.95. The summed E-state index contributed by atoms with van der Waals surface area (Å²) in [5.74, 6) is 0. The van der Waals surface area contributed by atoms with Crippen LogP contribution in [-0.4, -0.2) is 48.8 Å². The lowest BCUT2D eigenvalue weighted by atomic mass is 9.93. The third-order valence-electron chi connectivity index (χ3n) is 4.03. The second kappa shape index (κ2) is 5.03. The van der Waals surface area contributed by atoms with E-state index in [0.717, 1.165) is 13.1 Å². The molecule has 0 aromatic rings. The summed E-state index contributed by atoms with van der Waals surface area (Å²) in [6, 6.07) is 0. The van der Waals surface area contributed by atoms with E-state index in [4.69, 9.17) is 4.74 Å². The average molecular weight is 226 g/mol. The normalized spacial score (nSPS) is 41.4. The fraction of sp³-hybridized carbons (Fsp3) is 1.00.